The van der Waals surface area contributed by atoms with Crippen molar-refractivity contribution < 1.29 is 14.0 Å². The Morgan fingerprint density at radius 2 is 1.70 bits per heavy atom. The lowest BCUT2D eigenvalue weighted by Crippen LogP contribution is -2.38. The van der Waals surface area contributed by atoms with Crippen LogP contribution in [0.2, 0.25) is 0 Å². The molecule has 0 aliphatic carbocycles. The standard InChI is InChI=1S/C30H29FN4O2/c1-4-18-34(29(37)24-10-14-25(31)15-11-24)20-28(36)33-30-32-27(23-8-6-5-7-9-23)19-35(30)26-16-12-22(13-17-26)21(2)3/h4-17,19,21H,1,18,20H2,2-3H3,(H,32,33,36). The van der Waals surface area contributed by atoms with Gasteiger partial charge in [0.1, 0.15) is 12.4 Å². The fourth-order valence-electron chi connectivity index (χ4n) is 3.92. The van der Waals surface area contributed by atoms with Crippen molar-refractivity contribution >= 4 is 17.8 Å². The first-order valence-electron chi connectivity index (χ1n) is 12.1. The van der Waals surface area contributed by atoms with Crippen molar-refractivity contribution in [2.24, 2.45) is 0 Å². The minimum atomic E-state index is -0.438. The summed E-state index contributed by atoms with van der Waals surface area (Å²) in [6.07, 6.45) is 3.42. The average Bonchev–Trinajstić information content (AvgIpc) is 3.32. The van der Waals surface area contributed by atoms with Crippen LogP contribution < -0.4 is 5.32 Å². The van der Waals surface area contributed by atoms with E-state index in [1.165, 1.54) is 34.7 Å². The molecule has 0 bridgehead atoms. The molecule has 2 amide bonds. The van der Waals surface area contributed by atoms with E-state index in [1.807, 2.05) is 53.2 Å². The molecule has 4 aromatic rings. The van der Waals surface area contributed by atoms with Gasteiger partial charge in [-0.15, -0.1) is 6.58 Å². The first kappa shape index (κ1) is 25.6. The Labute approximate surface area is 216 Å². The summed E-state index contributed by atoms with van der Waals surface area (Å²) in [7, 11) is 0. The predicted molar refractivity (Wildman–Crippen MR) is 144 cm³/mol. The minimum absolute atomic E-state index is 0.157. The summed E-state index contributed by atoms with van der Waals surface area (Å²) < 4.78 is 15.1. The van der Waals surface area contributed by atoms with Gasteiger partial charge in [-0.2, -0.15) is 0 Å². The number of halogens is 1. The van der Waals surface area contributed by atoms with E-state index in [9.17, 15) is 14.0 Å². The highest BCUT2D eigenvalue weighted by molar-refractivity contribution is 5.99. The number of rotatable bonds is 9. The molecule has 37 heavy (non-hydrogen) atoms. The van der Waals surface area contributed by atoms with E-state index in [2.05, 4.69) is 42.9 Å². The molecule has 0 spiro atoms. The van der Waals surface area contributed by atoms with Gasteiger partial charge in [-0.25, -0.2) is 9.37 Å². The Bertz CT molecular complexity index is 1380. The third kappa shape index (κ3) is 6.19. The van der Waals surface area contributed by atoms with Crippen LogP contribution in [0.15, 0.2) is 97.7 Å². The fourth-order valence-corrected chi connectivity index (χ4v) is 3.92. The zero-order chi connectivity index (χ0) is 26.4. The van der Waals surface area contributed by atoms with Crippen molar-refractivity contribution in [3.05, 3.63) is 115 Å². The Hall–Kier alpha value is -4.52. The Morgan fingerprint density at radius 1 is 1.03 bits per heavy atom. The number of aromatic nitrogens is 2. The molecular weight excluding hydrogens is 467 g/mol. The number of imidazole rings is 1. The average molecular weight is 497 g/mol. The molecule has 1 aromatic heterocycles. The number of benzene rings is 3. The summed E-state index contributed by atoms with van der Waals surface area (Å²) in [5.74, 6) is -0.512. The van der Waals surface area contributed by atoms with Crippen LogP contribution in [0.5, 0.6) is 0 Å². The van der Waals surface area contributed by atoms with E-state index in [0.717, 1.165) is 11.3 Å². The summed E-state index contributed by atoms with van der Waals surface area (Å²) in [6, 6.07) is 23.0. The molecule has 0 saturated heterocycles. The second-order valence-corrected chi connectivity index (χ2v) is 8.96. The minimum Gasteiger partial charge on any atom is -0.326 e. The number of hydrogen-bond donors (Lipinski definition) is 1. The molecule has 0 saturated carbocycles. The van der Waals surface area contributed by atoms with Gasteiger partial charge in [0.15, 0.2) is 0 Å². The molecule has 188 valence electrons. The number of nitrogens with one attached hydrogen (secondary N) is 1. The first-order chi connectivity index (χ1) is 17.9. The van der Waals surface area contributed by atoms with Crippen LogP contribution in [-0.2, 0) is 4.79 Å². The molecule has 0 fully saturated rings. The lowest BCUT2D eigenvalue weighted by molar-refractivity contribution is -0.116. The van der Waals surface area contributed by atoms with Gasteiger partial charge in [-0.05, 0) is 47.9 Å². The Kier molecular flexibility index (Phi) is 7.93. The van der Waals surface area contributed by atoms with Gasteiger partial charge < -0.3 is 4.90 Å². The molecule has 1 heterocycles. The van der Waals surface area contributed by atoms with Crippen LogP contribution in [0, 0.1) is 5.82 Å². The van der Waals surface area contributed by atoms with Gasteiger partial charge in [-0.3, -0.25) is 19.5 Å². The molecule has 6 nitrogen and oxygen atoms in total. The topological polar surface area (TPSA) is 67.2 Å². The number of carbonyl (C=O) groups excluding carboxylic acids is 2. The SMILES string of the molecule is C=CCN(CC(=O)Nc1nc(-c2ccccc2)cn1-c1ccc(C(C)C)cc1)C(=O)c1ccc(F)cc1. The maximum Gasteiger partial charge on any atom is 0.254 e. The van der Waals surface area contributed by atoms with Gasteiger partial charge in [0.2, 0.25) is 11.9 Å². The Balaban J connectivity index is 1.61. The second-order valence-electron chi connectivity index (χ2n) is 8.96. The van der Waals surface area contributed by atoms with Crippen molar-refractivity contribution in [3.63, 3.8) is 0 Å². The molecule has 0 radical (unpaired) electrons. The molecule has 0 atom stereocenters. The number of amides is 2. The summed E-state index contributed by atoms with van der Waals surface area (Å²) in [6.45, 7) is 7.89. The van der Waals surface area contributed by atoms with Crippen LogP contribution in [0.3, 0.4) is 0 Å². The number of hydrogen-bond acceptors (Lipinski definition) is 3. The predicted octanol–water partition coefficient (Wildman–Crippen LogP) is 6.07. The number of nitrogens with zero attached hydrogens (tertiary/aromatic N) is 3. The van der Waals surface area contributed by atoms with Crippen molar-refractivity contribution in [1.29, 1.82) is 0 Å². The van der Waals surface area contributed by atoms with Crippen molar-refractivity contribution in [2.45, 2.75) is 19.8 Å². The zero-order valence-corrected chi connectivity index (χ0v) is 20.9. The summed E-state index contributed by atoms with van der Waals surface area (Å²) in [5.41, 5.74) is 3.95. The van der Waals surface area contributed by atoms with Crippen molar-refractivity contribution in [3.8, 4) is 16.9 Å². The summed E-state index contributed by atoms with van der Waals surface area (Å²) in [4.78, 5) is 32.1. The lowest BCUT2D eigenvalue weighted by Gasteiger charge is -2.21. The van der Waals surface area contributed by atoms with Crippen LogP contribution in [0.4, 0.5) is 10.3 Å². The molecule has 0 aliphatic rings. The monoisotopic (exact) mass is 496 g/mol. The van der Waals surface area contributed by atoms with Gasteiger partial charge in [-0.1, -0.05) is 62.4 Å². The van der Waals surface area contributed by atoms with Gasteiger partial charge in [0.05, 0.1) is 5.69 Å². The third-order valence-corrected chi connectivity index (χ3v) is 5.93. The second kappa shape index (κ2) is 11.5. The molecular formula is C30H29FN4O2. The first-order valence-corrected chi connectivity index (χ1v) is 12.1. The van der Waals surface area contributed by atoms with E-state index >= 15 is 0 Å². The van der Waals surface area contributed by atoms with E-state index in [1.54, 1.807) is 6.08 Å². The lowest BCUT2D eigenvalue weighted by atomic mass is 10.0. The third-order valence-electron chi connectivity index (χ3n) is 5.93. The largest absolute Gasteiger partial charge is 0.326 e. The van der Waals surface area contributed by atoms with Crippen LogP contribution in [-0.4, -0.2) is 39.4 Å². The maximum absolute atomic E-state index is 13.3. The molecule has 0 unspecified atom stereocenters. The van der Waals surface area contributed by atoms with E-state index < -0.39 is 17.6 Å². The van der Waals surface area contributed by atoms with Gasteiger partial charge in [0.25, 0.3) is 5.91 Å². The van der Waals surface area contributed by atoms with Crippen molar-refractivity contribution in [1.82, 2.24) is 14.5 Å². The number of anilines is 1. The summed E-state index contributed by atoms with van der Waals surface area (Å²) >= 11 is 0. The smallest absolute Gasteiger partial charge is 0.254 e. The van der Waals surface area contributed by atoms with E-state index in [-0.39, 0.29) is 18.7 Å². The van der Waals surface area contributed by atoms with Crippen LogP contribution in [0.1, 0.15) is 35.7 Å². The molecule has 7 heteroatoms. The number of carbonyl (C=O) groups is 2. The van der Waals surface area contributed by atoms with E-state index in [4.69, 9.17) is 0 Å². The highest BCUT2D eigenvalue weighted by Crippen LogP contribution is 2.25. The van der Waals surface area contributed by atoms with Gasteiger partial charge >= 0.3 is 0 Å². The highest BCUT2D eigenvalue weighted by atomic mass is 19.1. The van der Waals surface area contributed by atoms with E-state index in [0.29, 0.717) is 17.6 Å². The normalized spacial score (nSPS) is 10.8. The van der Waals surface area contributed by atoms with Crippen LogP contribution >= 0.6 is 0 Å². The van der Waals surface area contributed by atoms with Gasteiger partial charge in [0, 0.05) is 29.6 Å². The maximum atomic E-state index is 13.3. The van der Waals surface area contributed by atoms with Crippen molar-refractivity contribution in [2.75, 3.05) is 18.4 Å². The zero-order valence-electron chi connectivity index (χ0n) is 20.9. The molecule has 4 rings (SSSR count). The summed E-state index contributed by atoms with van der Waals surface area (Å²) in [5, 5.41) is 2.87. The fraction of sp³-hybridized carbons (Fsp3) is 0.167. The Morgan fingerprint density at radius 3 is 2.32 bits per heavy atom. The quantitative estimate of drug-likeness (QED) is 0.286. The molecule has 0 aliphatic heterocycles. The molecule has 3 aromatic carbocycles. The molecule has 1 N–H and O–H groups in total. The van der Waals surface area contributed by atoms with Crippen LogP contribution in [0.25, 0.3) is 16.9 Å². The highest BCUT2D eigenvalue weighted by Gasteiger charge is 2.20.